The zero-order valence-corrected chi connectivity index (χ0v) is 13.8. The van der Waals surface area contributed by atoms with E-state index in [2.05, 4.69) is 11.4 Å². The predicted octanol–water partition coefficient (Wildman–Crippen LogP) is 3.92. The van der Waals surface area contributed by atoms with Crippen LogP contribution in [0.4, 0.5) is 10.1 Å². The van der Waals surface area contributed by atoms with Crippen LogP contribution in [-0.2, 0) is 13.0 Å². The quantitative estimate of drug-likeness (QED) is 0.573. The molecule has 0 fully saturated rings. The summed E-state index contributed by atoms with van der Waals surface area (Å²) in [6.45, 7) is 5.63. The molecule has 0 saturated heterocycles. The maximum atomic E-state index is 12.8. The first-order valence-electron chi connectivity index (χ1n) is 8.05. The summed E-state index contributed by atoms with van der Waals surface area (Å²) in [5, 5.41) is 3.37. The fraction of sp³-hybridized carbons (Fsp3) is 0.368. The Bertz CT molecular complexity index is 611. The van der Waals surface area contributed by atoms with Crippen molar-refractivity contribution < 1.29 is 9.13 Å². The summed E-state index contributed by atoms with van der Waals surface area (Å²) in [5.74, 6) is 0.550. The van der Waals surface area contributed by atoms with E-state index in [9.17, 15) is 4.39 Å². The lowest BCUT2D eigenvalue weighted by atomic mass is 10.1. The smallest absolute Gasteiger partial charge is 0.142 e. The number of hydrogen-bond donors (Lipinski definition) is 2. The topological polar surface area (TPSA) is 47.3 Å². The molecular weight excluding hydrogens is 291 g/mol. The lowest BCUT2D eigenvalue weighted by Crippen LogP contribution is -2.15. The summed E-state index contributed by atoms with van der Waals surface area (Å²) < 4.78 is 18.4. The molecule has 4 heteroatoms. The third-order valence-electron chi connectivity index (χ3n) is 3.50. The number of rotatable bonds is 8. The van der Waals surface area contributed by atoms with Gasteiger partial charge in [0.05, 0.1) is 11.8 Å². The number of nitrogens with one attached hydrogen (secondary N) is 1. The Hall–Kier alpha value is -2.07. The van der Waals surface area contributed by atoms with Crippen LogP contribution in [0.1, 0.15) is 31.4 Å². The first kappa shape index (κ1) is 17.3. The van der Waals surface area contributed by atoms with E-state index in [4.69, 9.17) is 10.5 Å². The fourth-order valence-electron chi connectivity index (χ4n) is 2.37. The molecule has 0 unspecified atom stereocenters. The van der Waals surface area contributed by atoms with Crippen molar-refractivity contribution in [3.05, 3.63) is 59.4 Å². The van der Waals surface area contributed by atoms with Gasteiger partial charge in [-0.3, -0.25) is 0 Å². The van der Waals surface area contributed by atoms with Crippen LogP contribution in [0.25, 0.3) is 0 Å². The third-order valence-corrected chi connectivity index (χ3v) is 3.50. The number of halogens is 1. The van der Waals surface area contributed by atoms with Crippen molar-refractivity contribution in [2.24, 2.45) is 0 Å². The normalized spacial score (nSPS) is 11.0. The zero-order chi connectivity index (χ0) is 16.7. The molecule has 0 bridgehead atoms. The Morgan fingerprint density at radius 1 is 1.09 bits per heavy atom. The highest BCUT2D eigenvalue weighted by atomic mass is 19.1. The van der Waals surface area contributed by atoms with Crippen LogP contribution in [0.15, 0.2) is 42.5 Å². The van der Waals surface area contributed by atoms with E-state index in [0.29, 0.717) is 5.69 Å². The molecule has 0 aliphatic rings. The first-order chi connectivity index (χ1) is 11.0. The molecule has 0 amide bonds. The third kappa shape index (κ3) is 5.91. The van der Waals surface area contributed by atoms with E-state index in [0.717, 1.165) is 37.2 Å². The zero-order valence-electron chi connectivity index (χ0n) is 13.8. The Morgan fingerprint density at radius 2 is 1.78 bits per heavy atom. The van der Waals surface area contributed by atoms with Crippen molar-refractivity contribution in [2.45, 2.75) is 39.3 Å². The molecule has 0 aliphatic carbocycles. The maximum Gasteiger partial charge on any atom is 0.142 e. The molecule has 0 radical (unpaired) electrons. The lowest BCUT2D eigenvalue weighted by molar-refractivity contribution is 0.244. The summed E-state index contributed by atoms with van der Waals surface area (Å²) in [6, 6.07) is 12.6. The molecule has 2 aromatic rings. The summed E-state index contributed by atoms with van der Waals surface area (Å²) in [4.78, 5) is 0. The van der Waals surface area contributed by atoms with Gasteiger partial charge >= 0.3 is 0 Å². The van der Waals surface area contributed by atoms with E-state index in [1.54, 1.807) is 12.1 Å². The molecule has 3 nitrogen and oxygen atoms in total. The Labute approximate surface area is 137 Å². The monoisotopic (exact) mass is 316 g/mol. The summed E-state index contributed by atoms with van der Waals surface area (Å²) in [7, 11) is 0. The van der Waals surface area contributed by atoms with Crippen LogP contribution < -0.4 is 15.8 Å². The van der Waals surface area contributed by atoms with Gasteiger partial charge in [0.25, 0.3) is 0 Å². The second-order valence-electron chi connectivity index (χ2n) is 5.95. The van der Waals surface area contributed by atoms with Gasteiger partial charge in [-0.2, -0.15) is 0 Å². The van der Waals surface area contributed by atoms with Crippen LogP contribution in [0.2, 0.25) is 0 Å². The average molecular weight is 316 g/mol. The van der Waals surface area contributed by atoms with Crippen molar-refractivity contribution >= 4 is 5.69 Å². The first-order valence-corrected chi connectivity index (χ1v) is 8.05. The van der Waals surface area contributed by atoms with Crippen molar-refractivity contribution in [3.63, 3.8) is 0 Å². The number of nitrogens with two attached hydrogens (primary N) is 1. The van der Waals surface area contributed by atoms with E-state index >= 15 is 0 Å². The number of anilines is 1. The summed E-state index contributed by atoms with van der Waals surface area (Å²) in [6.07, 6.45) is 2.10. The molecular formula is C19H25FN2O. The van der Waals surface area contributed by atoms with Crippen molar-refractivity contribution in [1.29, 1.82) is 0 Å². The van der Waals surface area contributed by atoms with Gasteiger partial charge < -0.3 is 15.8 Å². The molecule has 0 atom stereocenters. The minimum absolute atomic E-state index is 0.124. The van der Waals surface area contributed by atoms with Crippen molar-refractivity contribution in [3.8, 4) is 5.75 Å². The Balaban J connectivity index is 1.71. The largest absolute Gasteiger partial charge is 0.489 e. The standard InChI is InChI=1S/C19H25FN2O/c1-14(2)23-19-10-7-15(12-18(19)21)4-3-11-22-13-16-5-8-17(20)9-6-16/h5-10,12,14,22H,3-4,11,13,21H2,1-2H3. The number of nitrogen functional groups attached to an aromatic ring is 1. The van der Waals surface area contributed by atoms with E-state index in [-0.39, 0.29) is 11.9 Å². The molecule has 23 heavy (non-hydrogen) atoms. The average Bonchev–Trinajstić information content (AvgIpc) is 2.51. The minimum Gasteiger partial charge on any atom is -0.489 e. The molecule has 3 N–H and O–H groups in total. The van der Waals surface area contributed by atoms with Crippen molar-refractivity contribution in [2.75, 3.05) is 12.3 Å². The number of benzene rings is 2. The molecule has 2 aromatic carbocycles. The molecule has 0 aromatic heterocycles. The highest BCUT2D eigenvalue weighted by Gasteiger charge is 2.04. The molecule has 0 heterocycles. The van der Waals surface area contributed by atoms with Crippen LogP contribution in [0.3, 0.4) is 0 Å². The van der Waals surface area contributed by atoms with Gasteiger partial charge in [-0.05, 0) is 68.6 Å². The van der Waals surface area contributed by atoms with E-state index in [1.807, 2.05) is 26.0 Å². The highest BCUT2D eigenvalue weighted by molar-refractivity contribution is 5.54. The van der Waals surface area contributed by atoms with E-state index in [1.165, 1.54) is 17.7 Å². The highest BCUT2D eigenvalue weighted by Crippen LogP contribution is 2.24. The summed E-state index contributed by atoms with van der Waals surface area (Å²) >= 11 is 0. The van der Waals surface area contributed by atoms with Gasteiger partial charge in [-0.15, -0.1) is 0 Å². The van der Waals surface area contributed by atoms with E-state index < -0.39 is 0 Å². The Morgan fingerprint density at radius 3 is 2.43 bits per heavy atom. The van der Waals surface area contributed by atoms with Gasteiger partial charge in [-0.25, -0.2) is 4.39 Å². The molecule has 124 valence electrons. The van der Waals surface area contributed by atoms with Gasteiger partial charge in [0.15, 0.2) is 0 Å². The number of aryl methyl sites for hydroxylation is 1. The van der Waals surface area contributed by atoms with Crippen LogP contribution in [0.5, 0.6) is 5.75 Å². The number of hydrogen-bond acceptors (Lipinski definition) is 3. The molecule has 0 aliphatic heterocycles. The fourth-order valence-corrected chi connectivity index (χ4v) is 2.37. The van der Waals surface area contributed by atoms with Crippen LogP contribution >= 0.6 is 0 Å². The molecule has 0 saturated carbocycles. The van der Waals surface area contributed by atoms with Gasteiger partial charge in [0.1, 0.15) is 11.6 Å². The van der Waals surface area contributed by atoms with Crippen LogP contribution in [0, 0.1) is 5.82 Å². The number of ether oxygens (including phenoxy) is 1. The lowest BCUT2D eigenvalue weighted by Gasteiger charge is -2.13. The Kier molecular flexibility index (Phi) is 6.41. The molecule has 0 spiro atoms. The van der Waals surface area contributed by atoms with Gasteiger partial charge in [-0.1, -0.05) is 18.2 Å². The van der Waals surface area contributed by atoms with Crippen LogP contribution in [-0.4, -0.2) is 12.6 Å². The van der Waals surface area contributed by atoms with Gasteiger partial charge in [0, 0.05) is 6.54 Å². The van der Waals surface area contributed by atoms with Gasteiger partial charge in [0.2, 0.25) is 0 Å². The predicted molar refractivity (Wildman–Crippen MR) is 93.0 cm³/mol. The summed E-state index contributed by atoms with van der Waals surface area (Å²) in [5.41, 5.74) is 9.01. The minimum atomic E-state index is -0.198. The molecule has 2 rings (SSSR count). The SMILES string of the molecule is CC(C)Oc1ccc(CCCNCc2ccc(F)cc2)cc1N. The second-order valence-corrected chi connectivity index (χ2v) is 5.95. The second kappa shape index (κ2) is 8.53. The maximum absolute atomic E-state index is 12.8. The van der Waals surface area contributed by atoms with Crippen molar-refractivity contribution in [1.82, 2.24) is 5.32 Å².